The van der Waals surface area contributed by atoms with Gasteiger partial charge in [0.25, 0.3) is 0 Å². The van der Waals surface area contributed by atoms with E-state index >= 15 is 0 Å². The fourth-order valence-corrected chi connectivity index (χ4v) is 6.46. The number of thiocarbonyl (C=S) groups is 1. The Hall–Kier alpha value is -1.95. The third-order valence-electron chi connectivity index (χ3n) is 7.14. The molecule has 0 aromatic heterocycles. The van der Waals surface area contributed by atoms with Crippen molar-refractivity contribution < 1.29 is 14.3 Å². The molecule has 1 amide bonds. The molecule has 0 heterocycles. The topological polar surface area (TPSA) is 58.6 Å². The van der Waals surface area contributed by atoms with Gasteiger partial charge in [0.1, 0.15) is 0 Å². The lowest BCUT2D eigenvalue weighted by molar-refractivity contribution is -0.144. The molecule has 30 heavy (non-hydrogen) atoms. The van der Waals surface area contributed by atoms with Gasteiger partial charge in [0.15, 0.2) is 5.11 Å². The summed E-state index contributed by atoms with van der Waals surface area (Å²) in [5.74, 6) is 1.98. The molecule has 0 unspecified atom stereocenters. The Kier molecular flexibility index (Phi) is 6.42. The monoisotopic (exact) mass is 428 g/mol. The largest absolute Gasteiger partial charge is 0.466 e. The molecule has 1 N–H and O–H groups in total. The average Bonchev–Trinajstić information content (AvgIpc) is 2.71. The number of rotatable bonds is 7. The van der Waals surface area contributed by atoms with Crippen LogP contribution in [0.4, 0.5) is 0 Å². The lowest BCUT2D eigenvalue weighted by atomic mass is 9.49. The van der Waals surface area contributed by atoms with E-state index < -0.39 is 0 Å². The van der Waals surface area contributed by atoms with Crippen molar-refractivity contribution in [1.29, 1.82) is 0 Å². The molecule has 4 fully saturated rings. The molecule has 5 rings (SSSR count). The summed E-state index contributed by atoms with van der Waals surface area (Å²) in [5.41, 5.74) is 0.853. The molecular weight excluding hydrogens is 396 g/mol. The van der Waals surface area contributed by atoms with Crippen molar-refractivity contribution in [3.63, 3.8) is 0 Å². The Balaban J connectivity index is 1.42. The molecule has 6 heteroatoms. The fourth-order valence-electron chi connectivity index (χ4n) is 6.21. The summed E-state index contributed by atoms with van der Waals surface area (Å²) in [6.07, 6.45) is 7.18. The van der Waals surface area contributed by atoms with Crippen molar-refractivity contribution in [1.82, 2.24) is 10.2 Å². The van der Waals surface area contributed by atoms with E-state index in [4.69, 9.17) is 17.0 Å². The Morgan fingerprint density at radius 3 is 2.27 bits per heavy atom. The van der Waals surface area contributed by atoms with E-state index in [1.807, 2.05) is 35.2 Å². The number of carbonyl (C=O) groups excluding carboxylic acids is 2. The third kappa shape index (κ3) is 4.69. The average molecular weight is 429 g/mol. The van der Waals surface area contributed by atoms with Crippen LogP contribution in [-0.4, -0.2) is 35.0 Å². The van der Waals surface area contributed by atoms with Crippen LogP contribution in [0.1, 0.15) is 57.4 Å². The third-order valence-corrected chi connectivity index (χ3v) is 7.50. The van der Waals surface area contributed by atoms with Crippen LogP contribution in [0.15, 0.2) is 30.3 Å². The molecule has 4 aliphatic carbocycles. The lowest BCUT2D eigenvalue weighted by Gasteiger charge is -2.55. The molecule has 0 saturated heterocycles. The fraction of sp³-hybridized carbons (Fsp3) is 0.625. The molecule has 4 saturated carbocycles. The molecule has 1 aromatic rings. The minimum absolute atomic E-state index is 0.0980. The number of esters is 1. The normalized spacial score (nSPS) is 28.8. The molecule has 0 spiro atoms. The molecule has 5 nitrogen and oxygen atoms in total. The number of hydrogen-bond donors (Lipinski definition) is 1. The second-order valence-electron chi connectivity index (χ2n) is 9.42. The SMILES string of the molecule is CCOC(=O)CCN(Cc1ccccc1)C(=S)NC(=O)C12CC3CC(CC(C3)C1)C2. The molecule has 1 aromatic carbocycles. The second-order valence-corrected chi connectivity index (χ2v) is 9.81. The van der Waals surface area contributed by atoms with Crippen LogP contribution >= 0.6 is 12.2 Å². The summed E-state index contributed by atoms with van der Waals surface area (Å²) in [7, 11) is 0. The standard InChI is InChI=1S/C24H32N2O3S/c1-2-29-21(27)8-9-26(16-17-6-4-3-5-7-17)23(30)25-22(28)24-13-18-10-19(14-24)12-20(11-18)15-24/h3-7,18-20H,2,8-16H2,1H3,(H,25,28,30). The van der Waals surface area contributed by atoms with E-state index in [0.29, 0.717) is 42.6 Å². The maximum atomic E-state index is 13.4. The number of hydrogen-bond acceptors (Lipinski definition) is 4. The van der Waals surface area contributed by atoms with Crippen LogP contribution < -0.4 is 5.32 Å². The predicted octanol–water partition coefficient (Wildman–Crippen LogP) is 4.06. The first kappa shape index (κ1) is 21.3. The smallest absolute Gasteiger partial charge is 0.307 e. The van der Waals surface area contributed by atoms with Gasteiger partial charge in [-0.05, 0) is 81.0 Å². The van der Waals surface area contributed by atoms with Gasteiger partial charge < -0.3 is 15.0 Å². The van der Waals surface area contributed by atoms with E-state index in [9.17, 15) is 9.59 Å². The number of nitrogens with zero attached hydrogens (tertiary/aromatic N) is 1. The zero-order valence-electron chi connectivity index (χ0n) is 17.8. The first-order chi connectivity index (χ1) is 14.5. The van der Waals surface area contributed by atoms with Gasteiger partial charge in [-0.25, -0.2) is 0 Å². The quantitative estimate of drug-likeness (QED) is 0.524. The van der Waals surface area contributed by atoms with Crippen LogP contribution in [0.2, 0.25) is 0 Å². The number of nitrogens with one attached hydrogen (secondary N) is 1. The van der Waals surface area contributed by atoms with Crippen LogP contribution in [-0.2, 0) is 20.9 Å². The van der Waals surface area contributed by atoms with Gasteiger partial charge in [-0.3, -0.25) is 9.59 Å². The molecule has 4 bridgehead atoms. The second kappa shape index (κ2) is 9.04. The van der Waals surface area contributed by atoms with E-state index in [-0.39, 0.29) is 23.7 Å². The van der Waals surface area contributed by atoms with Gasteiger partial charge in [-0.15, -0.1) is 0 Å². The molecule has 162 valence electrons. The molecule has 0 radical (unpaired) electrons. The zero-order valence-corrected chi connectivity index (χ0v) is 18.6. The van der Waals surface area contributed by atoms with E-state index in [1.54, 1.807) is 6.92 Å². The highest BCUT2D eigenvalue weighted by Crippen LogP contribution is 2.60. The Morgan fingerprint density at radius 2 is 1.70 bits per heavy atom. The maximum absolute atomic E-state index is 13.4. The van der Waals surface area contributed by atoms with Gasteiger partial charge in [0, 0.05) is 13.1 Å². The summed E-state index contributed by atoms with van der Waals surface area (Å²) < 4.78 is 5.07. The first-order valence-electron chi connectivity index (χ1n) is 11.3. The van der Waals surface area contributed by atoms with E-state index in [0.717, 1.165) is 24.8 Å². The molecular formula is C24H32N2O3S. The maximum Gasteiger partial charge on any atom is 0.307 e. The first-order valence-corrected chi connectivity index (χ1v) is 11.7. The summed E-state index contributed by atoms with van der Waals surface area (Å²) in [4.78, 5) is 27.2. The molecule has 4 aliphatic rings. The van der Waals surface area contributed by atoms with E-state index in [2.05, 4.69) is 5.32 Å². The van der Waals surface area contributed by atoms with Crippen molar-refractivity contribution in [3.05, 3.63) is 35.9 Å². The van der Waals surface area contributed by atoms with Crippen molar-refractivity contribution in [2.45, 2.75) is 58.4 Å². The zero-order chi connectivity index (χ0) is 21.1. The minimum Gasteiger partial charge on any atom is -0.466 e. The van der Waals surface area contributed by atoms with E-state index in [1.165, 1.54) is 19.3 Å². The lowest BCUT2D eigenvalue weighted by Crippen LogP contribution is -2.56. The van der Waals surface area contributed by atoms with Crippen LogP contribution in [0.25, 0.3) is 0 Å². The van der Waals surface area contributed by atoms with Crippen molar-refractivity contribution in [3.8, 4) is 0 Å². The predicted molar refractivity (Wildman–Crippen MR) is 119 cm³/mol. The highest BCUT2D eigenvalue weighted by molar-refractivity contribution is 7.80. The van der Waals surface area contributed by atoms with Crippen LogP contribution in [0.5, 0.6) is 0 Å². The number of ether oxygens (including phenoxy) is 1. The van der Waals surface area contributed by atoms with Crippen molar-refractivity contribution in [2.75, 3.05) is 13.2 Å². The number of amides is 1. The highest BCUT2D eigenvalue weighted by atomic mass is 32.1. The molecule has 0 aliphatic heterocycles. The summed E-state index contributed by atoms with van der Waals surface area (Å²) in [6, 6.07) is 9.99. The van der Waals surface area contributed by atoms with Gasteiger partial charge in [-0.1, -0.05) is 30.3 Å². The number of carbonyl (C=O) groups is 2. The van der Waals surface area contributed by atoms with Crippen molar-refractivity contribution >= 4 is 29.2 Å². The van der Waals surface area contributed by atoms with Crippen molar-refractivity contribution in [2.24, 2.45) is 23.2 Å². The Bertz CT molecular complexity index is 760. The summed E-state index contributed by atoms with van der Waals surface area (Å²) in [6.45, 7) is 3.15. The van der Waals surface area contributed by atoms with Gasteiger partial charge >= 0.3 is 5.97 Å². The summed E-state index contributed by atoms with van der Waals surface area (Å²) >= 11 is 5.66. The summed E-state index contributed by atoms with van der Waals surface area (Å²) in [5, 5.41) is 3.50. The highest BCUT2D eigenvalue weighted by Gasteiger charge is 2.54. The minimum atomic E-state index is -0.245. The Labute approximate surface area is 184 Å². The van der Waals surface area contributed by atoms with Gasteiger partial charge in [0.05, 0.1) is 18.4 Å². The van der Waals surface area contributed by atoms with Crippen LogP contribution in [0.3, 0.4) is 0 Å². The molecule has 0 atom stereocenters. The number of benzene rings is 1. The van der Waals surface area contributed by atoms with Gasteiger partial charge in [0.2, 0.25) is 5.91 Å². The van der Waals surface area contributed by atoms with Gasteiger partial charge in [-0.2, -0.15) is 0 Å². The van der Waals surface area contributed by atoms with Crippen LogP contribution in [0, 0.1) is 23.2 Å². The Morgan fingerprint density at radius 1 is 1.10 bits per heavy atom.